The molecule has 2 rings (SSSR count). The van der Waals surface area contributed by atoms with Crippen molar-refractivity contribution < 1.29 is 0 Å². The molecule has 0 nitrogen and oxygen atoms in total. The molecule has 0 bridgehead atoms. The summed E-state index contributed by atoms with van der Waals surface area (Å²) in [4.78, 5) is 0. The summed E-state index contributed by atoms with van der Waals surface area (Å²) in [6, 6.07) is 4.03. The van der Waals surface area contributed by atoms with Gasteiger partial charge in [-0.2, -0.15) is 0 Å². The molecule has 0 aliphatic heterocycles. The Bertz CT molecular complexity index is 646. The van der Waals surface area contributed by atoms with Crippen LogP contribution in [0.4, 0.5) is 0 Å². The molecule has 0 fully saturated rings. The molecule has 0 saturated carbocycles. The van der Waals surface area contributed by atoms with Crippen molar-refractivity contribution in [3.63, 3.8) is 0 Å². The lowest BCUT2D eigenvalue weighted by molar-refractivity contribution is 1.43. The van der Waals surface area contributed by atoms with Gasteiger partial charge in [-0.05, 0) is 108 Å². The molecule has 0 spiro atoms. The van der Waals surface area contributed by atoms with Gasteiger partial charge in [-0.25, -0.2) is 0 Å². The predicted molar refractivity (Wildman–Crippen MR) is 113 cm³/mol. The van der Waals surface area contributed by atoms with Crippen LogP contribution < -0.4 is 0 Å². The van der Waals surface area contributed by atoms with Crippen molar-refractivity contribution >= 4 is 127 Å². The quantitative estimate of drug-likeness (QED) is 0.200. The Hall–Kier alpha value is 2.28. The van der Waals surface area contributed by atoms with Crippen LogP contribution in [-0.4, -0.2) is 0 Å². The van der Waals surface area contributed by atoms with Gasteiger partial charge in [-0.1, -0.05) is 31.9 Å². The number of hydrogen-bond acceptors (Lipinski definition) is 0. The maximum Gasteiger partial charge on any atom is 0.0466 e. The van der Waals surface area contributed by atoms with Gasteiger partial charge in [0, 0.05) is 46.9 Å². The molecule has 0 N–H and O–H groups in total. The van der Waals surface area contributed by atoms with E-state index in [4.69, 9.17) is 0 Å². The number of hydrogen-bond donors (Lipinski definition) is 0. The fraction of sp³-hybridized carbons (Fsp3) is 0. The van der Waals surface area contributed by atoms with E-state index in [-0.39, 0.29) is 0 Å². The van der Waals surface area contributed by atoms with Crippen LogP contribution >= 0.6 is 127 Å². The summed E-state index contributed by atoms with van der Waals surface area (Å²) in [5.74, 6) is 0. The fourth-order valence-corrected chi connectivity index (χ4v) is 7.25. The van der Waals surface area contributed by atoms with Gasteiger partial charge in [0.25, 0.3) is 0 Å². The zero-order chi connectivity index (χ0) is 15.2. The fourth-order valence-electron chi connectivity index (χ4n) is 1.59. The molecule has 8 heteroatoms. The Balaban J connectivity index is 2.90. The molecule has 0 atom stereocenters. The first kappa shape index (κ1) is 18.6. The number of rotatable bonds is 1. The Morgan fingerprint density at radius 1 is 0.400 bits per heavy atom. The lowest BCUT2D eigenvalue weighted by atomic mass is 10.1. The molecule has 0 amide bonds. The van der Waals surface area contributed by atoms with Crippen LogP contribution in [-0.2, 0) is 0 Å². The molecule has 0 aliphatic carbocycles. The maximum atomic E-state index is 3.65. The first-order valence-electron chi connectivity index (χ1n) is 4.92. The first-order valence-corrected chi connectivity index (χ1v) is 11.3. The van der Waals surface area contributed by atoms with Crippen molar-refractivity contribution in [1.82, 2.24) is 0 Å². The summed E-state index contributed by atoms with van der Waals surface area (Å²) < 4.78 is 7.78. The Morgan fingerprint density at radius 3 is 1.00 bits per heavy atom. The summed E-state index contributed by atoms with van der Waals surface area (Å²) >= 11 is 28.8. The van der Waals surface area contributed by atoms with Crippen LogP contribution in [0.15, 0.2) is 47.9 Å². The number of benzene rings is 2. The van der Waals surface area contributed by atoms with E-state index in [9.17, 15) is 0 Å². The van der Waals surface area contributed by atoms with E-state index in [2.05, 4.69) is 127 Å². The molecule has 2 aromatic carbocycles. The zero-order valence-corrected chi connectivity index (χ0v) is 21.9. The van der Waals surface area contributed by atoms with Crippen molar-refractivity contribution in [2.45, 2.75) is 0 Å². The average Bonchev–Trinajstić information content (AvgIpc) is 2.37. The molecule has 0 aliphatic rings. The van der Waals surface area contributed by atoms with Gasteiger partial charge in [-0.3, -0.25) is 0 Å². The molecule has 0 radical (unpaired) electrons. The maximum absolute atomic E-state index is 3.65. The highest BCUT2D eigenvalue weighted by atomic mass is 79.9. The Morgan fingerprint density at radius 2 is 0.700 bits per heavy atom. The molecule has 106 valence electrons. The van der Waals surface area contributed by atoms with Gasteiger partial charge in [0.05, 0.1) is 0 Å². The van der Waals surface area contributed by atoms with E-state index in [1.165, 1.54) is 0 Å². The SMILES string of the molecule is Brc1cc(Br)c(-c2c(Br)cc(Br)c(Br)c2Br)c(Br)c1Br. The van der Waals surface area contributed by atoms with Crippen LogP contribution in [0, 0.1) is 0 Å². The Kier molecular flexibility index (Phi) is 6.93. The molecule has 0 aromatic heterocycles. The van der Waals surface area contributed by atoms with Gasteiger partial charge in [0.1, 0.15) is 0 Å². The van der Waals surface area contributed by atoms with Crippen molar-refractivity contribution in [2.24, 2.45) is 0 Å². The molecular formula is C12H2Br8. The molecule has 0 heterocycles. The lowest BCUT2D eigenvalue weighted by Gasteiger charge is -2.16. The molecule has 0 saturated heterocycles. The summed E-state index contributed by atoms with van der Waals surface area (Å²) in [5.41, 5.74) is 2.10. The van der Waals surface area contributed by atoms with Crippen LogP contribution in [0.2, 0.25) is 0 Å². The zero-order valence-electron chi connectivity index (χ0n) is 9.18. The van der Waals surface area contributed by atoms with E-state index >= 15 is 0 Å². The second kappa shape index (κ2) is 7.45. The standard InChI is InChI=1S/C12H2Br8/c13-3-1-5(15)9(17)11(19)7(3)8-4(14)2-6(16)10(18)12(8)20/h1-2H. The van der Waals surface area contributed by atoms with Gasteiger partial charge in [-0.15, -0.1) is 0 Å². The Labute approximate surface area is 183 Å². The van der Waals surface area contributed by atoms with E-state index < -0.39 is 0 Å². The summed E-state index contributed by atoms with van der Waals surface area (Å²) in [6.45, 7) is 0. The van der Waals surface area contributed by atoms with Crippen LogP contribution in [0.5, 0.6) is 0 Å². The van der Waals surface area contributed by atoms with Gasteiger partial charge in [0.2, 0.25) is 0 Å². The third kappa shape index (κ3) is 3.52. The third-order valence-electron chi connectivity index (χ3n) is 2.48. The minimum absolute atomic E-state index is 0.966. The molecule has 2 aromatic rings. The van der Waals surface area contributed by atoms with Crippen LogP contribution in [0.1, 0.15) is 0 Å². The van der Waals surface area contributed by atoms with Gasteiger partial charge in [0.15, 0.2) is 0 Å². The molecular weight excluding hydrogens is 783 g/mol. The molecule has 20 heavy (non-hydrogen) atoms. The smallest absolute Gasteiger partial charge is 0.0466 e. The average molecular weight is 785 g/mol. The lowest BCUT2D eigenvalue weighted by Crippen LogP contribution is -1.90. The highest BCUT2D eigenvalue weighted by Crippen LogP contribution is 2.50. The second-order valence-electron chi connectivity index (χ2n) is 3.69. The van der Waals surface area contributed by atoms with Crippen molar-refractivity contribution in [2.75, 3.05) is 0 Å². The summed E-state index contributed by atoms with van der Waals surface area (Å²) in [5, 5.41) is 0. The minimum atomic E-state index is 0.966. The van der Waals surface area contributed by atoms with Crippen molar-refractivity contribution in [3.8, 4) is 11.1 Å². The first-order chi connectivity index (χ1) is 9.25. The van der Waals surface area contributed by atoms with E-state index in [0.717, 1.165) is 46.9 Å². The van der Waals surface area contributed by atoms with E-state index in [0.29, 0.717) is 0 Å². The third-order valence-corrected chi connectivity index (χ3v) is 10.3. The summed E-state index contributed by atoms with van der Waals surface area (Å²) in [6.07, 6.45) is 0. The normalized spacial score (nSPS) is 11.0. The van der Waals surface area contributed by atoms with Crippen molar-refractivity contribution in [1.29, 1.82) is 0 Å². The largest absolute Gasteiger partial charge is 0.0501 e. The highest BCUT2D eigenvalue weighted by molar-refractivity contribution is 9.15. The topological polar surface area (TPSA) is 0 Å². The predicted octanol–water partition coefficient (Wildman–Crippen LogP) is 9.45. The highest BCUT2D eigenvalue weighted by Gasteiger charge is 2.21. The van der Waals surface area contributed by atoms with E-state index in [1.807, 2.05) is 12.1 Å². The summed E-state index contributed by atoms with van der Waals surface area (Å²) in [7, 11) is 0. The molecule has 0 unspecified atom stereocenters. The van der Waals surface area contributed by atoms with Gasteiger partial charge < -0.3 is 0 Å². The number of halogens is 8. The van der Waals surface area contributed by atoms with Crippen molar-refractivity contribution in [3.05, 3.63) is 47.9 Å². The van der Waals surface area contributed by atoms with Gasteiger partial charge >= 0.3 is 0 Å². The monoisotopic (exact) mass is 777 g/mol. The van der Waals surface area contributed by atoms with E-state index in [1.54, 1.807) is 0 Å². The van der Waals surface area contributed by atoms with Crippen LogP contribution in [0.3, 0.4) is 0 Å². The van der Waals surface area contributed by atoms with Crippen LogP contribution in [0.25, 0.3) is 11.1 Å². The minimum Gasteiger partial charge on any atom is -0.0501 e. The second-order valence-corrected chi connectivity index (χ2v) is 10.3.